The molecule has 3 aromatic rings. The third kappa shape index (κ3) is 4.67. The molecule has 1 aliphatic carbocycles. The maximum Gasteiger partial charge on any atom is 0.279 e. The first-order valence-electron chi connectivity index (χ1n) is 11.1. The topological polar surface area (TPSA) is 81.0 Å². The van der Waals surface area contributed by atoms with Gasteiger partial charge in [0.15, 0.2) is 4.80 Å². The number of ether oxygens (including phenoxy) is 1. The molecule has 0 aliphatic heterocycles. The third-order valence-electron chi connectivity index (χ3n) is 6.20. The summed E-state index contributed by atoms with van der Waals surface area (Å²) in [7, 11) is -0.408. The fourth-order valence-electron chi connectivity index (χ4n) is 4.31. The monoisotopic (exact) mass is 497 g/mol. The van der Waals surface area contributed by atoms with Crippen molar-refractivity contribution >= 4 is 37.5 Å². The molecule has 0 N–H and O–H groups in total. The van der Waals surface area contributed by atoms with Crippen molar-refractivity contribution in [2.75, 3.05) is 14.2 Å². The minimum Gasteiger partial charge on any atom is -0.495 e. The summed E-state index contributed by atoms with van der Waals surface area (Å²) in [5.41, 5.74) is 1.09. The van der Waals surface area contributed by atoms with E-state index in [2.05, 4.69) is 10.9 Å². The average Bonchev–Trinajstić information content (AvgIpc) is 3.21. The van der Waals surface area contributed by atoms with Gasteiger partial charge in [0.1, 0.15) is 11.3 Å². The van der Waals surface area contributed by atoms with Crippen LogP contribution in [0.1, 0.15) is 42.5 Å². The summed E-state index contributed by atoms with van der Waals surface area (Å²) in [6, 6.07) is 11.6. The molecule has 9 heteroatoms. The van der Waals surface area contributed by atoms with Gasteiger partial charge in [0, 0.05) is 18.7 Å². The van der Waals surface area contributed by atoms with Crippen LogP contribution in [0.5, 0.6) is 5.75 Å². The van der Waals surface area contributed by atoms with Gasteiger partial charge in [-0.05, 0) is 49.2 Å². The van der Waals surface area contributed by atoms with E-state index in [0.29, 0.717) is 16.1 Å². The number of aromatic nitrogens is 1. The molecule has 1 aliphatic rings. The standard InChI is InChI=1S/C25H27N3O4S2/c1-4-17-28-23-21(32-3)11-8-12-22(23)33-25(28)26-24(29)18-13-15-20(16-14-18)34(30,31)27(2)19-9-6-5-7-10-19/h1,8,11-16,19H,5-7,9-10,17H2,2-3H3. The molecule has 1 fully saturated rings. The van der Waals surface area contributed by atoms with Crippen LogP contribution in [0, 0.1) is 12.3 Å². The van der Waals surface area contributed by atoms with E-state index in [4.69, 9.17) is 11.2 Å². The van der Waals surface area contributed by atoms with E-state index < -0.39 is 15.9 Å². The number of sulfonamides is 1. The number of hydrogen-bond donors (Lipinski definition) is 0. The number of benzene rings is 2. The molecule has 1 saturated carbocycles. The predicted octanol–water partition coefficient (Wildman–Crippen LogP) is 4.04. The largest absolute Gasteiger partial charge is 0.495 e. The Morgan fingerprint density at radius 1 is 1.21 bits per heavy atom. The highest BCUT2D eigenvalue weighted by Gasteiger charge is 2.29. The first-order chi connectivity index (χ1) is 16.4. The highest BCUT2D eigenvalue weighted by atomic mass is 32.2. The lowest BCUT2D eigenvalue weighted by atomic mass is 9.96. The molecular weight excluding hydrogens is 470 g/mol. The minimum atomic E-state index is -3.63. The molecule has 0 spiro atoms. The SMILES string of the molecule is C#CCn1c(=NC(=O)c2ccc(S(=O)(=O)N(C)C3CCCCC3)cc2)sc2cccc(OC)c21. The molecule has 0 bridgehead atoms. The van der Waals surface area contributed by atoms with Crippen LogP contribution in [0.3, 0.4) is 0 Å². The first kappa shape index (κ1) is 24.2. The van der Waals surface area contributed by atoms with Crippen molar-refractivity contribution in [3.8, 4) is 18.1 Å². The fourth-order valence-corrected chi connectivity index (χ4v) is 6.77. The number of hydrogen-bond acceptors (Lipinski definition) is 5. The molecule has 1 heterocycles. The van der Waals surface area contributed by atoms with Gasteiger partial charge in [-0.1, -0.05) is 42.6 Å². The molecular formula is C25H27N3O4S2. The number of fused-ring (bicyclic) bond motifs is 1. The van der Waals surface area contributed by atoms with E-state index in [9.17, 15) is 13.2 Å². The van der Waals surface area contributed by atoms with Crippen molar-refractivity contribution in [1.82, 2.24) is 8.87 Å². The average molecular weight is 498 g/mol. The zero-order valence-corrected chi connectivity index (χ0v) is 20.9. The highest BCUT2D eigenvalue weighted by molar-refractivity contribution is 7.89. The van der Waals surface area contributed by atoms with Crippen molar-refractivity contribution in [3.05, 3.63) is 52.8 Å². The highest BCUT2D eigenvalue weighted by Crippen LogP contribution is 2.28. The summed E-state index contributed by atoms with van der Waals surface area (Å²) in [6.07, 6.45) is 10.5. The molecule has 0 radical (unpaired) electrons. The molecule has 34 heavy (non-hydrogen) atoms. The second-order valence-corrected chi connectivity index (χ2v) is 11.2. The van der Waals surface area contributed by atoms with Crippen LogP contribution >= 0.6 is 11.3 Å². The molecule has 178 valence electrons. The van der Waals surface area contributed by atoms with Crippen LogP contribution in [-0.4, -0.2) is 43.4 Å². The molecule has 1 amide bonds. The predicted molar refractivity (Wildman–Crippen MR) is 133 cm³/mol. The lowest BCUT2D eigenvalue weighted by Crippen LogP contribution is -2.38. The van der Waals surface area contributed by atoms with Gasteiger partial charge in [0.05, 0.1) is 23.2 Å². The molecule has 0 unspecified atom stereocenters. The summed E-state index contributed by atoms with van der Waals surface area (Å²) in [6.45, 7) is 0.233. The number of thiazole rings is 1. The van der Waals surface area contributed by atoms with Crippen LogP contribution in [0.2, 0.25) is 0 Å². The Labute approximate surface area is 203 Å². The van der Waals surface area contributed by atoms with E-state index in [1.165, 1.54) is 39.9 Å². The van der Waals surface area contributed by atoms with Gasteiger partial charge in [0.2, 0.25) is 10.0 Å². The van der Waals surface area contributed by atoms with Gasteiger partial charge in [-0.2, -0.15) is 9.30 Å². The molecule has 4 rings (SSSR count). The molecule has 0 saturated heterocycles. The van der Waals surface area contributed by atoms with Gasteiger partial charge in [-0.25, -0.2) is 8.42 Å². The summed E-state index contributed by atoms with van der Waals surface area (Å²) >= 11 is 1.34. The van der Waals surface area contributed by atoms with Crippen molar-refractivity contribution in [1.29, 1.82) is 0 Å². The Bertz CT molecular complexity index is 1410. The third-order valence-corrected chi connectivity index (χ3v) is 9.17. The number of carbonyl (C=O) groups is 1. The maximum absolute atomic E-state index is 13.1. The van der Waals surface area contributed by atoms with E-state index in [1.807, 2.05) is 18.2 Å². The quantitative estimate of drug-likeness (QED) is 0.482. The lowest BCUT2D eigenvalue weighted by Gasteiger charge is -2.30. The zero-order valence-electron chi connectivity index (χ0n) is 19.2. The van der Waals surface area contributed by atoms with Crippen molar-refractivity contribution in [2.45, 2.75) is 49.6 Å². The van der Waals surface area contributed by atoms with Gasteiger partial charge in [-0.3, -0.25) is 4.79 Å². The molecule has 0 atom stereocenters. The number of terminal acetylenes is 1. The van der Waals surface area contributed by atoms with E-state index in [0.717, 1.165) is 42.3 Å². The maximum atomic E-state index is 13.1. The van der Waals surface area contributed by atoms with Gasteiger partial charge >= 0.3 is 0 Å². The van der Waals surface area contributed by atoms with Crippen LogP contribution in [-0.2, 0) is 16.6 Å². The lowest BCUT2D eigenvalue weighted by molar-refractivity contribution is 0.0997. The number of para-hydroxylation sites is 1. The number of carbonyl (C=O) groups excluding carboxylic acids is 1. The minimum absolute atomic E-state index is 0.0200. The normalized spacial score (nSPS) is 15.5. The van der Waals surface area contributed by atoms with Crippen LogP contribution in [0.4, 0.5) is 0 Å². The number of amides is 1. The second-order valence-electron chi connectivity index (χ2n) is 8.24. The molecule has 7 nitrogen and oxygen atoms in total. The Balaban J connectivity index is 1.64. The first-order valence-corrected chi connectivity index (χ1v) is 13.4. The summed E-state index contributed by atoms with van der Waals surface area (Å²) < 4.78 is 35.7. The van der Waals surface area contributed by atoms with E-state index in [-0.39, 0.29) is 17.5 Å². The molecule has 1 aromatic heterocycles. The van der Waals surface area contributed by atoms with Gasteiger partial charge < -0.3 is 9.30 Å². The van der Waals surface area contributed by atoms with Crippen LogP contribution < -0.4 is 9.54 Å². The Morgan fingerprint density at radius 2 is 1.91 bits per heavy atom. The van der Waals surface area contributed by atoms with Gasteiger partial charge in [0.25, 0.3) is 5.91 Å². The van der Waals surface area contributed by atoms with Crippen molar-refractivity contribution in [2.24, 2.45) is 4.99 Å². The van der Waals surface area contributed by atoms with E-state index >= 15 is 0 Å². The number of methoxy groups -OCH3 is 1. The Hall–Kier alpha value is -2.93. The number of rotatable bonds is 6. The summed E-state index contributed by atoms with van der Waals surface area (Å²) in [5.74, 6) is 2.78. The second kappa shape index (κ2) is 10.1. The fraction of sp³-hybridized carbons (Fsp3) is 0.360. The molecule has 2 aromatic carbocycles. The smallest absolute Gasteiger partial charge is 0.279 e. The zero-order chi connectivity index (χ0) is 24.3. The van der Waals surface area contributed by atoms with Gasteiger partial charge in [-0.15, -0.1) is 6.42 Å². The van der Waals surface area contributed by atoms with Crippen LogP contribution in [0.25, 0.3) is 10.2 Å². The summed E-state index contributed by atoms with van der Waals surface area (Å²) in [4.78, 5) is 17.8. The Kier molecular flexibility index (Phi) is 7.22. The Morgan fingerprint density at radius 3 is 2.56 bits per heavy atom. The van der Waals surface area contributed by atoms with Crippen LogP contribution in [0.15, 0.2) is 52.4 Å². The summed E-state index contributed by atoms with van der Waals surface area (Å²) in [5, 5.41) is 0. The van der Waals surface area contributed by atoms with Crippen molar-refractivity contribution in [3.63, 3.8) is 0 Å². The van der Waals surface area contributed by atoms with Crippen molar-refractivity contribution < 1.29 is 17.9 Å². The van der Waals surface area contributed by atoms with E-state index in [1.54, 1.807) is 18.7 Å². The number of nitrogens with zero attached hydrogens (tertiary/aromatic N) is 3.